The number of hydrogen-bond acceptors (Lipinski definition) is 9. The number of benzene rings is 3. The summed E-state index contributed by atoms with van der Waals surface area (Å²) < 4.78 is 27.3. The Balaban J connectivity index is 1.22. The van der Waals surface area contributed by atoms with Gasteiger partial charge < -0.3 is 28.8 Å². The fraction of sp³-hybridized carbons (Fsp3) is 0.324. The quantitative estimate of drug-likeness (QED) is 0.0723. The normalized spacial score (nSPS) is 12.8. The summed E-state index contributed by atoms with van der Waals surface area (Å²) in [6.07, 6.45) is 5.25. The summed E-state index contributed by atoms with van der Waals surface area (Å²) in [4.78, 5) is 35.6. The highest BCUT2D eigenvalue weighted by Crippen LogP contribution is 2.46. The minimum atomic E-state index is -0.611. The van der Waals surface area contributed by atoms with Crippen LogP contribution in [0.5, 0.6) is 17.2 Å². The second kappa shape index (κ2) is 17.0. The molecule has 46 heavy (non-hydrogen) atoms. The number of ether oxygens (including phenoxy) is 5. The second-order valence-electron chi connectivity index (χ2n) is 10.9. The van der Waals surface area contributed by atoms with E-state index < -0.39 is 24.5 Å². The van der Waals surface area contributed by atoms with Crippen LogP contribution >= 0.6 is 0 Å². The van der Waals surface area contributed by atoms with E-state index in [-0.39, 0.29) is 18.1 Å². The van der Waals surface area contributed by atoms with Gasteiger partial charge in [-0.1, -0.05) is 32.2 Å². The number of aliphatic hydroxyl groups is 1. The fourth-order valence-electron chi connectivity index (χ4n) is 5.02. The predicted molar refractivity (Wildman–Crippen MR) is 173 cm³/mol. The zero-order chi connectivity index (χ0) is 32.9. The third-order valence-electron chi connectivity index (χ3n) is 7.56. The first-order valence-electron chi connectivity index (χ1n) is 15.4. The first-order valence-corrected chi connectivity index (χ1v) is 15.4. The van der Waals surface area contributed by atoms with Crippen LogP contribution in [0.1, 0.15) is 66.4 Å². The Morgan fingerprint density at radius 1 is 0.739 bits per heavy atom. The lowest BCUT2D eigenvalue weighted by Gasteiger charge is -2.11. The van der Waals surface area contributed by atoms with Gasteiger partial charge in [-0.2, -0.15) is 0 Å². The van der Waals surface area contributed by atoms with Gasteiger partial charge in [-0.3, -0.25) is 0 Å². The van der Waals surface area contributed by atoms with E-state index in [1.807, 2.05) is 30.3 Å². The summed E-state index contributed by atoms with van der Waals surface area (Å²) in [5, 5.41) is 8.93. The van der Waals surface area contributed by atoms with Crippen LogP contribution in [0.4, 0.5) is 0 Å². The smallest absolute Gasteiger partial charge is 0.343 e. The van der Waals surface area contributed by atoms with E-state index in [2.05, 4.69) is 20.1 Å². The number of carbonyl (C=O) groups is 3. The van der Waals surface area contributed by atoms with Crippen LogP contribution < -0.4 is 14.2 Å². The lowest BCUT2D eigenvalue weighted by molar-refractivity contribution is -0.140. The van der Waals surface area contributed by atoms with E-state index in [0.29, 0.717) is 49.1 Å². The Hall–Kier alpha value is -4.89. The molecule has 0 radical (unpaired) electrons. The van der Waals surface area contributed by atoms with Gasteiger partial charge in [0.2, 0.25) is 0 Å². The van der Waals surface area contributed by atoms with Crippen LogP contribution in [-0.2, 0) is 19.1 Å². The lowest BCUT2D eigenvalue weighted by atomic mass is 9.98. The number of rotatable bonds is 18. The summed E-state index contributed by atoms with van der Waals surface area (Å²) >= 11 is 0. The first-order chi connectivity index (χ1) is 22.3. The Morgan fingerprint density at radius 2 is 1.33 bits per heavy atom. The van der Waals surface area contributed by atoms with E-state index in [4.69, 9.17) is 28.8 Å². The average molecular weight is 629 g/mol. The Labute approximate surface area is 269 Å². The van der Waals surface area contributed by atoms with Gasteiger partial charge in [0.05, 0.1) is 44.2 Å². The molecule has 1 aliphatic carbocycles. The summed E-state index contributed by atoms with van der Waals surface area (Å²) in [6.45, 7) is 9.97. The van der Waals surface area contributed by atoms with Crippen molar-refractivity contribution in [2.75, 3.05) is 33.0 Å². The Bertz CT molecular complexity index is 1540. The van der Waals surface area contributed by atoms with Crippen molar-refractivity contribution in [2.45, 2.75) is 44.9 Å². The summed E-state index contributed by atoms with van der Waals surface area (Å²) in [5.41, 5.74) is 4.79. The third-order valence-corrected chi connectivity index (χ3v) is 7.56. The molecule has 0 saturated heterocycles. The Kier molecular flexibility index (Phi) is 12.5. The van der Waals surface area contributed by atoms with Gasteiger partial charge in [0.25, 0.3) is 0 Å². The standard InChI is InChI=1S/C37H40O9/c1-4-35(39)44-19-8-6-5-7-18-42-28-11-13-29(14-12-28)46-37(41)27-10-16-31-32-17-15-30(23-34(32)26(3)33(31)22-27)43-20-9-21-45-36(40)25(2)24-38/h4,10-17,22-23,26,38H,1-2,5-9,18-21,24H2,3H3. The van der Waals surface area contributed by atoms with Crippen LogP contribution in [0.25, 0.3) is 11.1 Å². The average Bonchev–Trinajstić information content (AvgIpc) is 3.35. The molecule has 1 N–H and O–H groups in total. The van der Waals surface area contributed by atoms with E-state index in [1.54, 1.807) is 30.3 Å². The minimum absolute atomic E-state index is 0.0204. The summed E-state index contributed by atoms with van der Waals surface area (Å²) in [6, 6.07) is 18.5. The zero-order valence-electron chi connectivity index (χ0n) is 26.1. The molecule has 3 aromatic carbocycles. The largest absolute Gasteiger partial charge is 0.494 e. The monoisotopic (exact) mass is 628 g/mol. The molecule has 1 atom stereocenters. The number of aliphatic hydroxyl groups excluding tert-OH is 1. The lowest BCUT2D eigenvalue weighted by Crippen LogP contribution is -2.12. The van der Waals surface area contributed by atoms with Crippen molar-refractivity contribution in [3.63, 3.8) is 0 Å². The van der Waals surface area contributed by atoms with E-state index in [0.717, 1.165) is 54.0 Å². The van der Waals surface area contributed by atoms with Gasteiger partial charge in [-0.15, -0.1) is 0 Å². The molecule has 0 amide bonds. The molecule has 0 spiro atoms. The van der Waals surface area contributed by atoms with Crippen molar-refractivity contribution >= 4 is 17.9 Å². The fourth-order valence-corrected chi connectivity index (χ4v) is 5.02. The van der Waals surface area contributed by atoms with Gasteiger partial charge in [-0.25, -0.2) is 14.4 Å². The maximum atomic E-state index is 13.0. The maximum Gasteiger partial charge on any atom is 0.343 e. The van der Waals surface area contributed by atoms with Crippen molar-refractivity contribution < 1.29 is 43.2 Å². The number of unbranched alkanes of at least 4 members (excludes halogenated alkanes) is 3. The predicted octanol–water partition coefficient (Wildman–Crippen LogP) is 6.57. The second-order valence-corrected chi connectivity index (χ2v) is 10.9. The highest BCUT2D eigenvalue weighted by molar-refractivity contribution is 5.93. The van der Waals surface area contributed by atoms with Gasteiger partial charge in [0.1, 0.15) is 17.2 Å². The molecule has 0 saturated carbocycles. The van der Waals surface area contributed by atoms with Crippen molar-refractivity contribution in [2.24, 2.45) is 0 Å². The van der Waals surface area contributed by atoms with Crippen molar-refractivity contribution in [1.29, 1.82) is 0 Å². The molecule has 0 aromatic heterocycles. The highest BCUT2D eigenvalue weighted by atomic mass is 16.5. The molecular weight excluding hydrogens is 588 g/mol. The molecule has 0 bridgehead atoms. The molecule has 0 aliphatic heterocycles. The van der Waals surface area contributed by atoms with Crippen molar-refractivity contribution in [1.82, 2.24) is 0 Å². The minimum Gasteiger partial charge on any atom is -0.494 e. The van der Waals surface area contributed by atoms with Crippen LogP contribution in [0, 0.1) is 0 Å². The van der Waals surface area contributed by atoms with Crippen molar-refractivity contribution in [3.05, 3.63) is 102 Å². The molecule has 0 fully saturated rings. The van der Waals surface area contributed by atoms with Gasteiger partial charge >= 0.3 is 17.9 Å². The number of hydrogen-bond donors (Lipinski definition) is 1. The summed E-state index contributed by atoms with van der Waals surface area (Å²) in [7, 11) is 0. The number of fused-ring (bicyclic) bond motifs is 3. The molecule has 1 unspecified atom stereocenters. The molecule has 3 aromatic rings. The summed E-state index contributed by atoms with van der Waals surface area (Å²) in [5.74, 6) is 0.439. The van der Waals surface area contributed by atoms with E-state index in [1.165, 1.54) is 0 Å². The SMILES string of the molecule is C=CC(=O)OCCCCCCOc1ccc(OC(=O)c2ccc3c(c2)C(C)c2cc(OCCCOC(=O)C(=C)CO)ccc2-3)cc1. The number of carbonyl (C=O) groups excluding carboxylic acids is 3. The van der Waals surface area contributed by atoms with E-state index >= 15 is 0 Å². The topological polar surface area (TPSA) is 118 Å². The Morgan fingerprint density at radius 3 is 2.04 bits per heavy atom. The van der Waals surface area contributed by atoms with Crippen LogP contribution in [-0.4, -0.2) is 56.0 Å². The zero-order valence-corrected chi connectivity index (χ0v) is 26.1. The van der Waals surface area contributed by atoms with Crippen LogP contribution in [0.2, 0.25) is 0 Å². The first kappa shape index (κ1) is 34.0. The molecule has 9 nitrogen and oxygen atoms in total. The van der Waals surface area contributed by atoms with Gasteiger partial charge in [0, 0.05) is 18.4 Å². The molecule has 0 heterocycles. The molecule has 4 rings (SSSR count). The number of esters is 3. The van der Waals surface area contributed by atoms with Gasteiger partial charge in [0.15, 0.2) is 0 Å². The van der Waals surface area contributed by atoms with Crippen LogP contribution in [0.15, 0.2) is 85.5 Å². The molecular formula is C37H40O9. The third kappa shape index (κ3) is 9.31. The molecule has 9 heteroatoms. The van der Waals surface area contributed by atoms with Gasteiger partial charge in [-0.05, 0) is 96.5 Å². The molecule has 242 valence electrons. The van der Waals surface area contributed by atoms with E-state index in [9.17, 15) is 14.4 Å². The molecule has 1 aliphatic rings. The van der Waals surface area contributed by atoms with Crippen molar-refractivity contribution in [3.8, 4) is 28.4 Å². The maximum absolute atomic E-state index is 13.0. The highest BCUT2D eigenvalue weighted by Gasteiger charge is 2.27. The van der Waals surface area contributed by atoms with Crippen LogP contribution in [0.3, 0.4) is 0 Å².